The van der Waals surface area contributed by atoms with E-state index in [2.05, 4.69) is 10.6 Å². The summed E-state index contributed by atoms with van der Waals surface area (Å²) in [6, 6.07) is 7.35. The van der Waals surface area contributed by atoms with Gasteiger partial charge in [-0.25, -0.2) is 4.79 Å². The predicted octanol–water partition coefficient (Wildman–Crippen LogP) is 2.53. The lowest BCUT2D eigenvalue weighted by atomic mass is 10.1. The molecule has 0 radical (unpaired) electrons. The molecule has 0 bridgehead atoms. The Labute approximate surface area is 143 Å². The predicted molar refractivity (Wildman–Crippen MR) is 94.9 cm³/mol. The average molecular weight is 336 g/mol. The number of aliphatic hydroxyl groups excluding tert-OH is 1. The van der Waals surface area contributed by atoms with Crippen LogP contribution >= 0.6 is 0 Å². The molecular formula is C18H28N2O4. The molecule has 1 atom stereocenters. The Morgan fingerprint density at radius 1 is 1.29 bits per heavy atom. The summed E-state index contributed by atoms with van der Waals surface area (Å²) in [7, 11) is 0. The number of ether oxygens (including phenoxy) is 2. The fourth-order valence-electron chi connectivity index (χ4n) is 1.73. The number of aliphatic hydroxyl groups is 1. The molecule has 1 unspecified atom stereocenters. The van der Waals surface area contributed by atoms with Crippen molar-refractivity contribution in [3.63, 3.8) is 0 Å². The number of β-amino-alcohol motifs (C(OH)–C–C–N with tert-alkyl or cyclic N) is 1. The third-order valence-corrected chi connectivity index (χ3v) is 2.94. The zero-order valence-electron chi connectivity index (χ0n) is 14.8. The minimum atomic E-state index is -0.572. The van der Waals surface area contributed by atoms with Gasteiger partial charge >= 0.3 is 6.09 Å². The van der Waals surface area contributed by atoms with E-state index >= 15 is 0 Å². The molecule has 0 aliphatic rings. The Kier molecular flexibility index (Phi) is 8.29. The third-order valence-electron chi connectivity index (χ3n) is 2.94. The monoisotopic (exact) mass is 336 g/mol. The number of alkyl carbamates (subject to hydrolysis) is 1. The summed E-state index contributed by atoms with van der Waals surface area (Å²) in [6.07, 6.45) is 2.22. The summed E-state index contributed by atoms with van der Waals surface area (Å²) < 4.78 is 10.3. The van der Waals surface area contributed by atoms with E-state index in [1.807, 2.05) is 45.0 Å². The van der Waals surface area contributed by atoms with Gasteiger partial charge in [0.25, 0.3) is 0 Å². The molecule has 0 fully saturated rings. The number of rotatable bonds is 8. The summed E-state index contributed by atoms with van der Waals surface area (Å²) in [6.45, 7) is 8.92. The van der Waals surface area contributed by atoms with Gasteiger partial charge in [-0.15, -0.1) is 0 Å². The fourth-order valence-corrected chi connectivity index (χ4v) is 1.73. The van der Waals surface area contributed by atoms with Crippen molar-refractivity contribution in [1.82, 2.24) is 10.6 Å². The number of amides is 1. The van der Waals surface area contributed by atoms with Crippen molar-refractivity contribution >= 4 is 12.2 Å². The van der Waals surface area contributed by atoms with Gasteiger partial charge in [0.1, 0.15) is 18.5 Å². The van der Waals surface area contributed by atoms with Crippen LogP contribution in [0.3, 0.4) is 0 Å². The van der Waals surface area contributed by atoms with E-state index < -0.39 is 12.2 Å². The number of carbonyl (C=O) groups is 1. The van der Waals surface area contributed by atoms with Gasteiger partial charge < -0.3 is 19.9 Å². The first-order chi connectivity index (χ1) is 11.3. The summed E-state index contributed by atoms with van der Waals surface area (Å²) in [5, 5.41) is 15.6. The molecule has 3 N–H and O–H groups in total. The first-order valence-corrected chi connectivity index (χ1v) is 8.06. The SMILES string of the molecule is CCOC(=O)N/C=C/c1ccc(OCC(O)CNC(C)(C)C)cc1. The van der Waals surface area contributed by atoms with E-state index in [0.29, 0.717) is 18.9 Å². The highest BCUT2D eigenvalue weighted by atomic mass is 16.5. The average Bonchev–Trinajstić information content (AvgIpc) is 2.52. The molecule has 0 spiro atoms. The topological polar surface area (TPSA) is 79.8 Å². The van der Waals surface area contributed by atoms with Gasteiger partial charge in [-0.05, 0) is 51.5 Å². The molecule has 0 saturated carbocycles. The molecule has 1 amide bonds. The highest BCUT2D eigenvalue weighted by molar-refractivity contribution is 5.69. The maximum Gasteiger partial charge on any atom is 0.411 e. The third kappa shape index (κ3) is 9.17. The van der Waals surface area contributed by atoms with Crippen LogP contribution in [0.5, 0.6) is 5.75 Å². The number of benzene rings is 1. The molecule has 6 heteroatoms. The van der Waals surface area contributed by atoms with Gasteiger partial charge in [-0.3, -0.25) is 5.32 Å². The molecule has 1 aromatic carbocycles. The van der Waals surface area contributed by atoms with Gasteiger partial charge in [-0.1, -0.05) is 12.1 Å². The van der Waals surface area contributed by atoms with Crippen LogP contribution < -0.4 is 15.4 Å². The van der Waals surface area contributed by atoms with Gasteiger partial charge in [-0.2, -0.15) is 0 Å². The molecule has 0 aromatic heterocycles. The molecule has 0 heterocycles. The van der Waals surface area contributed by atoms with Gasteiger partial charge in [0.15, 0.2) is 0 Å². The quantitative estimate of drug-likeness (QED) is 0.680. The number of hydrogen-bond donors (Lipinski definition) is 3. The number of hydrogen-bond acceptors (Lipinski definition) is 5. The van der Waals surface area contributed by atoms with E-state index in [1.165, 1.54) is 6.20 Å². The standard InChI is InChI=1S/C18H28N2O4/c1-5-23-17(22)19-11-10-14-6-8-16(9-7-14)24-13-15(21)12-20-18(2,3)4/h6-11,15,20-21H,5,12-13H2,1-4H3,(H,19,22)/b11-10+. The van der Waals surface area contributed by atoms with E-state index in [1.54, 1.807) is 13.0 Å². The summed E-state index contributed by atoms with van der Waals surface area (Å²) in [5.41, 5.74) is 0.876. The van der Waals surface area contributed by atoms with Crippen LogP contribution in [0.25, 0.3) is 6.08 Å². The zero-order chi connectivity index (χ0) is 18.0. The van der Waals surface area contributed by atoms with Crippen molar-refractivity contribution in [1.29, 1.82) is 0 Å². The summed E-state index contributed by atoms with van der Waals surface area (Å²) in [5.74, 6) is 0.681. The molecule has 24 heavy (non-hydrogen) atoms. The van der Waals surface area contributed by atoms with Crippen LogP contribution in [-0.2, 0) is 4.74 Å². The maximum absolute atomic E-state index is 11.1. The first kappa shape index (κ1) is 20.0. The minimum Gasteiger partial charge on any atom is -0.491 e. The second kappa shape index (κ2) is 9.95. The molecule has 0 saturated heterocycles. The molecule has 1 aromatic rings. The van der Waals surface area contributed by atoms with Crippen molar-refractivity contribution in [3.05, 3.63) is 36.0 Å². The molecule has 6 nitrogen and oxygen atoms in total. The molecule has 0 aliphatic carbocycles. The Hall–Kier alpha value is -2.05. The van der Waals surface area contributed by atoms with Crippen LogP contribution in [0.1, 0.15) is 33.3 Å². The Morgan fingerprint density at radius 3 is 2.54 bits per heavy atom. The Morgan fingerprint density at radius 2 is 1.96 bits per heavy atom. The number of nitrogens with one attached hydrogen (secondary N) is 2. The van der Waals surface area contributed by atoms with Crippen molar-refractivity contribution in [2.24, 2.45) is 0 Å². The van der Waals surface area contributed by atoms with E-state index in [4.69, 9.17) is 9.47 Å². The molecule has 0 aliphatic heterocycles. The maximum atomic E-state index is 11.1. The van der Waals surface area contributed by atoms with Gasteiger partial charge in [0.05, 0.1) is 6.61 Å². The fraction of sp³-hybridized carbons (Fsp3) is 0.500. The summed E-state index contributed by atoms with van der Waals surface area (Å²) in [4.78, 5) is 11.1. The second-order valence-electron chi connectivity index (χ2n) is 6.36. The summed E-state index contributed by atoms with van der Waals surface area (Å²) >= 11 is 0. The Bertz CT molecular complexity index is 521. The van der Waals surface area contributed by atoms with Crippen LogP contribution in [0.4, 0.5) is 4.79 Å². The lowest BCUT2D eigenvalue weighted by molar-refractivity contribution is 0.100. The van der Waals surface area contributed by atoms with Gasteiger partial charge in [0.2, 0.25) is 0 Å². The van der Waals surface area contributed by atoms with Crippen molar-refractivity contribution < 1.29 is 19.4 Å². The highest BCUT2D eigenvalue weighted by Crippen LogP contribution is 2.13. The largest absolute Gasteiger partial charge is 0.491 e. The molecule has 134 valence electrons. The van der Waals surface area contributed by atoms with Gasteiger partial charge in [0, 0.05) is 18.3 Å². The molecular weight excluding hydrogens is 308 g/mol. The first-order valence-electron chi connectivity index (χ1n) is 8.06. The normalized spacial score (nSPS) is 12.9. The van der Waals surface area contributed by atoms with E-state index in [9.17, 15) is 9.90 Å². The lowest BCUT2D eigenvalue weighted by Crippen LogP contribution is -2.42. The van der Waals surface area contributed by atoms with Crippen LogP contribution in [0.15, 0.2) is 30.5 Å². The van der Waals surface area contributed by atoms with Crippen molar-refractivity contribution in [3.8, 4) is 5.75 Å². The van der Waals surface area contributed by atoms with E-state index in [0.717, 1.165) is 5.56 Å². The van der Waals surface area contributed by atoms with Crippen LogP contribution in [-0.4, -0.2) is 42.6 Å². The van der Waals surface area contributed by atoms with E-state index in [-0.39, 0.29) is 12.1 Å². The molecule has 1 rings (SSSR count). The van der Waals surface area contributed by atoms with Crippen LogP contribution in [0.2, 0.25) is 0 Å². The lowest BCUT2D eigenvalue weighted by Gasteiger charge is -2.22. The van der Waals surface area contributed by atoms with Crippen molar-refractivity contribution in [2.75, 3.05) is 19.8 Å². The highest BCUT2D eigenvalue weighted by Gasteiger charge is 2.12. The second-order valence-corrected chi connectivity index (χ2v) is 6.36. The van der Waals surface area contributed by atoms with Crippen LogP contribution in [0, 0.1) is 0 Å². The van der Waals surface area contributed by atoms with Crippen molar-refractivity contribution in [2.45, 2.75) is 39.3 Å². The Balaban J connectivity index is 2.36. The zero-order valence-corrected chi connectivity index (χ0v) is 14.8. The smallest absolute Gasteiger partial charge is 0.411 e. The number of carbonyl (C=O) groups excluding carboxylic acids is 1. The minimum absolute atomic E-state index is 0.0352.